The summed E-state index contributed by atoms with van der Waals surface area (Å²) in [4.78, 5) is 11.5. The van der Waals surface area contributed by atoms with Crippen LogP contribution in [0.15, 0.2) is 24.3 Å². The summed E-state index contributed by atoms with van der Waals surface area (Å²) in [6, 6.07) is 8.25. The summed E-state index contributed by atoms with van der Waals surface area (Å²) in [6.07, 6.45) is 7.53. The van der Waals surface area contributed by atoms with Gasteiger partial charge >= 0.3 is 0 Å². The molecular weight excluding hydrogens is 238 g/mol. The molecule has 0 atom stereocenters. The van der Waals surface area contributed by atoms with Crippen molar-refractivity contribution in [1.82, 2.24) is 0 Å². The molecule has 0 radical (unpaired) electrons. The van der Waals surface area contributed by atoms with Crippen LogP contribution in [0.2, 0.25) is 0 Å². The van der Waals surface area contributed by atoms with Crippen LogP contribution in [-0.4, -0.2) is 17.6 Å². The summed E-state index contributed by atoms with van der Waals surface area (Å²) in [5.74, 6) is 0.673. The Balaban J connectivity index is 1.88. The van der Waals surface area contributed by atoms with Crippen LogP contribution in [0.25, 0.3) is 0 Å². The van der Waals surface area contributed by atoms with E-state index in [1.807, 2.05) is 12.1 Å². The maximum atomic E-state index is 11.5. The molecule has 1 aliphatic rings. The predicted molar refractivity (Wildman–Crippen MR) is 77.2 cm³/mol. The summed E-state index contributed by atoms with van der Waals surface area (Å²) >= 11 is 0. The van der Waals surface area contributed by atoms with Crippen molar-refractivity contribution in [1.29, 1.82) is 0 Å². The average Bonchev–Trinajstić information content (AvgIpc) is 2.47. The number of nitrogens with one attached hydrogen (secondary N) is 1. The van der Waals surface area contributed by atoms with E-state index in [1.165, 1.54) is 37.7 Å². The minimum absolute atomic E-state index is 0.0283. The van der Waals surface area contributed by atoms with Crippen molar-refractivity contribution in [3.8, 4) is 0 Å². The number of aliphatic hydroxyl groups excluding tert-OH is 1. The highest BCUT2D eigenvalue weighted by Gasteiger charge is 2.15. The fourth-order valence-electron chi connectivity index (χ4n) is 2.74. The molecule has 2 N–H and O–H groups in total. The van der Waals surface area contributed by atoms with Gasteiger partial charge in [0.25, 0.3) is 0 Å². The van der Waals surface area contributed by atoms with Crippen LogP contribution in [0.5, 0.6) is 0 Å². The molecule has 0 aromatic heterocycles. The maximum absolute atomic E-state index is 11.5. The monoisotopic (exact) mass is 261 g/mol. The Labute approximate surface area is 115 Å². The summed E-state index contributed by atoms with van der Waals surface area (Å²) < 4.78 is 0. The van der Waals surface area contributed by atoms with Crippen molar-refractivity contribution < 1.29 is 9.90 Å². The fraction of sp³-hybridized carbons (Fsp3) is 0.562. The zero-order chi connectivity index (χ0) is 13.5. The van der Waals surface area contributed by atoms with E-state index in [0.29, 0.717) is 18.8 Å². The molecule has 0 heterocycles. The van der Waals surface area contributed by atoms with Gasteiger partial charge < -0.3 is 10.4 Å². The second-order valence-electron chi connectivity index (χ2n) is 5.33. The fourth-order valence-corrected chi connectivity index (χ4v) is 2.74. The lowest BCUT2D eigenvalue weighted by atomic mass is 9.84. The van der Waals surface area contributed by atoms with Crippen LogP contribution in [0.4, 0.5) is 5.69 Å². The van der Waals surface area contributed by atoms with Crippen molar-refractivity contribution in [2.24, 2.45) is 0 Å². The standard InChI is InChI=1S/C16H23NO2/c18-12-4-7-16(19)17-15-10-8-14(9-11-15)13-5-2-1-3-6-13/h8-11,13,18H,1-7,12H2,(H,17,19). The Morgan fingerprint density at radius 2 is 1.84 bits per heavy atom. The molecular formula is C16H23NO2. The summed E-state index contributed by atoms with van der Waals surface area (Å²) in [7, 11) is 0. The lowest BCUT2D eigenvalue weighted by Gasteiger charge is -2.22. The Kier molecular flexibility index (Phi) is 5.40. The number of hydrogen-bond acceptors (Lipinski definition) is 2. The van der Waals surface area contributed by atoms with Crippen molar-refractivity contribution in [2.75, 3.05) is 11.9 Å². The Morgan fingerprint density at radius 3 is 2.47 bits per heavy atom. The molecule has 1 aliphatic carbocycles. The van der Waals surface area contributed by atoms with Gasteiger partial charge in [-0.25, -0.2) is 0 Å². The minimum Gasteiger partial charge on any atom is -0.396 e. The van der Waals surface area contributed by atoms with Crippen LogP contribution in [0.1, 0.15) is 56.4 Å². The number of rotatable bonds is 5. The van der Waals surface area contributed by atoms with E-state index in [0.717, 1.165) is 5.69 Å². The lowest BCUT2D eigenvalue weighted by molar-refractivity contribution is -0.116. The average molecular weight is 261 g/mol. The SMILES string of the molecule is O=C(CCCO)Nc1ccc(C2CCCCC2)cc1. The Hall–Kier alpha value is -1.35. The normalized spacial score (nSPS) is 16.3. The molecule has 1 aromatic carbocycles. The van der Waals surface area contributed by atoms with E-state index in [-0.39, 0.29) is 12.5 Å². The molecule has 0 saturated heterocycles. The second-order valence-corrected chi connectivity index (χ2v) is 5.33. The van der Waals surface area contributed by atoms with Gasteiger partial charge in [0.1, 0.15) is 0 Å². The molecule has 0 spiro atoms. The van der Waals surface area contributed by atoms with Crippen molar-refractivity contribution in [3.05, 3.63) is 29.8 Å². The summed E-state index contributed by atoms with van der Waals surface area (Å²) in [5, 5.41) is 11.5. The zero-order valence-electron chi connectivity index (χ0n) is 11.4. The first-order valence-electron chi connectivity index (χ1n) is 7.30. The number of anilines is 1. The third-order valence-electron chi connectivity index (χ3n) is 3.83. The molecule has 104 valence electrons. The number of hydrogen-bond donors (Lipinski definition) is 2. The smallest absolute Gasteiger partial charge is 0.224 e. The van der Waals surface area contributed by atoms with E-state index >= 15 is 0 Å². The second kappa shape index (κ2) is 7.29. The number of amides is 1. The van der Waals surface area contributed by atoms with Crippen molar-refractivity contribution in [3.63, 3.8) is 0 Å². The van der Waals surface area contributed by atoms with Crippen LogP contribution < -0.4 is 5.32 Å². The van der Waals surface area contributed by atoms with Gasteiger partial charge in [-0.1, -0.05) is 31.4 Å². The van der Waals surface area contributed by atoms with Crippen LogP contribution in [0, 0.1) is 0 Å². The molecule has 2 rings (SSSR count). The highest BCUT2D eigenvalue weighted by atomic mass is 16.3. The number of aliphatic hydroxyl groups is 1. The molecule has 3 heteroatoms. The van der Waals surface area contributed by atoms with Gasteiger partial charge in [0.2, 0.25) is 5.91 Å². The van der Waals surface area contributed by atoms with Gasteiger partial charge in [0.05, 0.1) is 0 Å². The van der Waals surface area contributed by atoms with E-state index in [4.69, 9.17) is 5.11 Å². The summed E-state index contributed by atoms with van der Waals surface area (Å²) in [5.41, 5.74) is 2.25. The topological polar surface area (TPSA) is 49.3 Å². The van der Waals surface area contributed by atoms with Gasteiger partial charge in [0.15, 0.2) is 0 Å². The molecule has 0 unspecified atom stereocenters. The van der Waals surface area contributed by atoms with Crippen molar-refractivity contribution >= 4 is 11.6 Å². The first-order chi connectivity index (χ1) is 9.29. The van der Waals surface area contributed by atoms with Gasteiger partial charge in [-0.15, -0.1) is 0 Å². The minimum atomic E-state index is -0.0283. The van der Waals surface area contributed by atoms with Crippen molar-refractivity contribution in [2.45, 2.75) is 50.9 Å². The molecule has 1 fully saturated rings. The van der Waals surface area contributed by atoms with E-state index in [1.54, 1.807) is 0 Å². The van der Waals surface area contributed by atoms with Gasteiger partial charge in [0, 0.05) is 18.7 Å². The van der Waals surface area contributed by atoms with E-state index < -0.39 is 0 Å². The molecule has 3 nitrogen and oxygen atoms in total. The summed E-state index contributed by atoms with van der Waals surface area (Å²) in [6.45, 7) is 0.0635. The largest absolute Gasteiger partial charge is 0.396 e. The quantitative estimate of drug-likeness (QED) is 0.853. The number of carbonyl (C=O) groups excluding carboxylic acids is 1. The lowest BCUT2D eigenvalue weighted by Crippen LogP contribution is -2.12. The first kappa shape index (κ1) is 14.1. The van der Waals surface area contributed by atoms with E-state index in [9.17, 15) is 4.79 Å². The first-order valence-corrected chi connectivity index (χ1v) is 7.30. The van der Waals surface area contributed by atoms with Gasteiger partial charge in [-0.05, 0) is 42.9 Å². The maximum Gasteiger partial charge on any atom is 0.224 e. The van der Waals surface area contributed by atoms with E-state index in [2.05, 4.69) is 17.4 Å². The molecule has 19 heavy (non-hydrogen) atoms. The molecule has 1 amide bonds. The Bertz CT molecular complexity index is 394. The molecule has 1 saturated carbocycles. The Morgan fingerprint density at radius 1 is 1.16 bits per heavy atom. The van der Waals surface area contributed by atoms with Gasteiger partial charge in [-0.3, -0.25) is 4.79 Å². The van der Waals surface area contributed by atoms with Gasteiger partial charge in [-0.2, -0.15) is 0 Å². The highest BCUT2D eigenvalue weighted by Crippen LogP contribution is 2.32. The number of benzene rings is 1. The zero-order valence-corrected chi connectivity index (χ0v) is 11.4. The third kappa shape index (κ3) is 4.35. The van der Waals surface area contributed by atoms with Crippen LogP contribution in [0.3, 0.4) is 0 Å². The molecule has 1 aromatic rings. The third-order valence-corrected chi connectivity index (χ3v) is 3.83. The molecule has 0 bridgehead atoms. The number of carbonyl (C=O) groups is 1. The van der Waals surface area contributed by atoms with Crippen LogP contribution >= 0.6 is 0 Å². The molecule has 0 aliphatic heterocycles. The predicted octanol–water partition coefficient (Wildman–Crippen LogP) is 3.45. The highest BCUT2D eigenvalue weighted by molar-refractivity contribution is 5.90. The van der Waals surface area contributed by atoms with Crippen LogP contribution in [-0.2, 0) is 4.79 Å².